The Morgan fingerprint density at radius 2 is 1.62 bits per heavy atom. The fourth-order valence-corrected chi connectivity index (χ4v) is 2.86. The van der Waals surface area contributed by atoms with Crippen LogP contribution in [-0.4, -0.2) is 6.03 Å². The lowest BCUT2D eigenvalue weighted by atomic mass is 10.1. The molecule has 2 N–H and O–H groups in total. The van der Waals surface area contributed by atoms with Gasteiger partial charge in [-0.05, 0) is 23.8 Å². The zero-order chi connectivity index (χ0) is 17.9. The largest absolute Gasteiger partial charge is 0.416 e. The number of halogens is 6. The van der Waals surface area contributed by atoms with E-state index in [1.54, 1.807) is 0 Å². The van der Waals surface area contributed by atoms with Gasteiger partial charge in [-0.1, -0.05) is 53.0 Å². The lowest BCUT2D eigenvalue weighted by Gasteiger charge is -2.14. The van der Waals surface area contributed by atoms with E-state index in [-0.39, 0.29) is 32.9 Å². The Kier molecular flexibility index (Phi) is 5.85. The van der Waals surface area contributed by atoms with Gasteiger partial charge in [0, 0.05) is 11.6 Å². The minimum Gasteiger partial charge on any atom is -0.334 e. The molecule has 2 amide bonds. The SMILES string of the molecule is O=C(NCc1ccccc1C(F)(F)F)Nc1c(Cl)cc(Cl)cc1Cl. The Morgan fingerprint density at radius 3 is 2.21 bits per heavy atom. The topological polar surface area (TPSA) is 41.1 Å². The number of hydrogen-bond donors (Lipinski definition) is 2. The summed E-state index contributed by atoms with van der Waals surface area (Å²) >= 11 is 17.6. The molecule has 0 aliphatic heterocycles. The van der Waals surface area contributed by atoms with E-state index in [1.165, 1.54) is 30.3 Å². The van der Waals surface area contributed by atoms with Crippen molar-refractivity contribution in [1.29, 1.82) is 0 Å². The Balaban J connectivity index is 2.08. The summed E-state index contributed by atoms with van der Waals surface area (Å²) in [5.41, 5.74) is -0.759. The smallest absolute Gasteiger partial charge is 0.334 e. The maximum Gasteiger partial charge on any atom is 0.416 e. The Morgan fingerprint density at radius 1 is 1.04 bits per heavy atom. The van der Waals surface area contributed by atoms with Crippen molar-refractivity contribution in [3.8, 4) is 0 Å². The average Bonchev–Trinajstić information content (AvgIpc) is 2.48. The minimum absolute atomic E-state index is 0.0616. The summed E-state index contributed by atoms with van der Waals surface area (Å²) in [6, 6.07) is 6.97. The first-order chi connectivity index (χ1) is 11.2. The molecule has 0 saturated carbocycles. The van der Waals surface area contributed by atoms with Crippen LogP contribution >= 0.6 is 34.8 Å². The Labute approximate surface area is 150 Å². The van der Waals surface area contributed by atoms with Crippen LogP contribution in [0.25, 0.3) is 0 Å². The quantitative estimate of drug-likeness (QED) is 0.656. The van der Waals surface area contributed by atoms with Gasteiger partial charge in [-0.3, -0.25) is 0 Å². The highest BCUT2D eigenvalue weighted by atomic mass is 35.5. The molecule has 9 heteroatoms. The molecular formula is C15H10Cl3F3N2O. The van der Waals surface area contributed by atoms with Crippen LogP contribution in [0.2, 0.25) is 15.1 Å². The van der Waals surface area contributed by atoms with Crippen molar-refractivity contribution < 1.29 is 18.0 Å². The van der Waals surface area contributed by atoms with Gasteiger partial charge in [-0.15, -0.1) is 0 Å². The molecule has 3 nitrogen and oxygen atoms in total. The average molecular weight is 398 g/mol. The first-order valence-corrected chi connectivity index (χ1v) is 7.66. The van der Waals surface area contributed by atoms with Gasteiger partial charge in [-0.2, -0.15) is 13.2 Å². The van der Waals surface area contributed by atoms with E-state index >= 15 is 0 Å². The lowest BCUT2D eigenvalue weighted by Crippen LogP contribution is -2.29. The molecular weight excluding hydrogens is 388 g/mol. The number of amides is 2. The molecule has 0 aromatic heterocycles. The molecule has 0 heterocycles. The third-order valence-electron chi connectivity index (χ3n) is 3.01. The van der Waals surface area contributed by atoms with Crippen LogP contribution < -0.4 is 10.6 Å². The summed E-state index contributed by atoms with van der Waals surface area (Å²) in [6.45, 7) is -0.315. The molecule has 0 aliphatic carbocycles. The van der Waals surface area contributed by atoms with Crippen molar-refractivity contribution in [3.05, 3.63) is 62.6 Å². The molecule has 2 aromatic rings. The van der Waals surface area contributed by atoms with E-state index < -0.39 is 17.8 Å². The third kappa shape index (κ3) is 4.69. The van der Waals surface area contributed by atoms with E-state index in [4.69, 9.17) is 34.8 Å². The van der Waals surface area contributed by atoms with E-state index in [0.29, 0.717) is 0 Å². The number of carbonyl (C=O) groups excluding carboxylic acids is 1. The second-order valence-electron chi connectivity index (χ2n) is 4.71. The third-order valence-corrected chi connectivity index (χ3v) is 3.82. The predicted octanol–water partition coefficient (Wildman–Crippen LogP) is 5.99. The summed E-state index contributed by atoms with van der Waals surface area (Å²) < 4.78 is 38.7. The first-order valence-electron chi connectivity index (χ1n) is 6.53. The maximum atomic E-state index is 12.9. The molecule has 2 rings (SSSR count). The van der Waals surface area contributed by atoms with E-state index in [0.717, 1.165) is 6.07 Å². The molecule has 0 atom stereocenters. The van der Waals surface area contributed by atoms with Crippen LogP contribution in [0.5, 0.6) is 0 Å². The standard InChI is InChI=1S/C15H10Cl3F3N2O/c16-9-5-11(17)13(12(18)6-9)23-14(24)22-7-8-3-1-2-4-10(8)15(19,20)21/h1-6H,7H2,(H2,22,23,24). The molecule has 0 radical (unpaired) electrons. The molecule has 0 aliphatic rings. The maximum absolute atomic E-state index is 12.9. The Bertz CT molecular complexity index is 743. The lowest BCUT2D eigenvalue weighted by molar-refractivity contribution is -0.138. The predicted molar refractivity (Wildman–Crippen MR) is 88.8 cm³/mol. The van der Waals surface area contributed by atoms with Crippen LogP contribution in [0.3, 0.4) is 0 Å². The summed E-state index contributed by atoms with van der Waals surface area (Å²) in [5.74, 6) is 0. The molecule has 128 valence electrons. The fraction of sp³-hybridized carbons (Fsp3) is 0.133. The van der Waals surface area contributed by atoms with Crippen molar-refractivity contribution >= 4 is 46.5 Å². The molecule has 2 aromatic carbocycles. The van der Waals surface area contributed by atoms with Crippen LogP contribution in [-0.2, 0) is 12.7 Å². The number of carbonyl (C=O) groups is 1. The number of anilines is 1. The van der Waals surface area contributed by atoms with Gasteiger partial charge >= 0.3 is 12.2 Å². The summed E-state index contributed by atoms with van der Waals surface area (Å²) in [7, 11) is 0. The van der Waals surface area contributed by atoms with E-state index in [9.17, 15) is 18.0 Å². The number of hydrogen-bond acceptors (Lipinski definition) is 1. The minimum atomic E-state index is -4.50. The highest BCUT2D eigenvalue weighted by Crippen LogP contribution is 2.34. The molecule has 0 unspecified atom stereocenters. The van der Waals surface area contributed by atoms with Crippen molar-refractivity contribution in [3.63, 3.8) is 0 Å². The van der Waals surface area contributed by atoms with Gasteiger partial charge in [0.2, 0.25) is 0 Å². The normalized spacial score (nSPS) is 11.2. The van der Waals surface area contributed by atoms with Gasteiger partial charge in [0.05, 0.1) is 21.3 Å². The van der Waals surface area contributed by atoms with Gasteiger partial charge in [0.1, 0.15) is 0 Å². The zero-order valence-corrected chi connectivity index (χ0v) is 14.1. The molecule has 0 saturated heterocycles. The summed E-state index contributed by atoms with van der Waals surface area (Å²) in [6.07, 6.45) is -4.50. The monoisotopic (exact) mass is 396 g/mol. The second kappa shape index (κ2) is 7.51. The van der Waals surface area contributed by atoms with Crippen molar-refractivity contribution in [1.82, 2.24) is 5.32 Å². The van der Waals surface area contributed by atoms with E-state index in [1.807, 2.05) is 0 Å². The van der Waals surface area contributed by atoms with Crippen LogP contribution in [0.1, 0.15) is 11.1 Å². The number of rotatable bonds is 3. The summed E-state index contributed by atoms with van der Waals surface area (Å²) in [5, 5.41) is 5.22. The van der Waals surface area contributed by atoms with Gasteiger partial charge in [0.15, 0.2) is 0 Å². The van der Waals surface area contributed by atoms with Gasteiger partial charge in [-0.25, -0.2) is 4.79 Å². The molecule has 0 spiro atoms. The fourth-order valence-electron chi connectivity index (χ4n) is 1.95. The molecule has 0 fully saturated rings. The van der Waals surface area contributed by atoms with Crippen molar-refractivity contribution in [2.45, 2.75) is 12.7 Å². The number of nitrogens with one attached hydrogen (secondary N) is 2. The van der Waals surface area contributed by atoms with E-state index in [2.05, 4.69) is 10.6 Å². The second-order valence-corrected chi connectivity index (χ2v) is 5.96. The highest BCUT2D eigenvalue weighted by Gasteiger charge is 2.32. The molecule has 0 bridgehead atoms. The van der Waals surface area contributed by atoms with Crippen LogP contribution in [0.4, 0.5) is 23.7 Å². The number of benzene rings is 2. The van der Waals surface area contributed by atoms with Gasteiger partial charge < -0.3 is 10.6 Å². The van der Waals surface area contributed by atoms with Gasteiger partial charge in [0.25, 0.3) is 0 Å². The van der Waals surface area contributed by atoms with Crippen molar-refractivity contribution in [2.75, 3.05) is 5.32 Å². The summed E-state index contributed by atoms with van der Waals surface area (Å²) in [4.78, 5) is 11.9. The first kappa shape index (κ1) is 18.7. The Hall–Kier alpha value is -1.63. The zero-order valence-electron chi connectivity index (χ0n) is 11.8. The van der Waals surface area contributed by atoms with Crippen molar-refractivity contribution in [2.24, 2.45) is 0 Å². The number of alkyl halides is 3. The van der Waals surface area contributed by atoms with Crippen LogP contribution in [0.15, 0.2) is 36.4 Å². The number of urea groups is 1. The molecule has 24 heavy (non-hydrogen) atoms. The highest BCUT2D eigenvalue weighted by molar-refractivity contribution is 6.42. The van der Waals surface area contributed by atoms with Crippen LogP contribution in [0, 0.1) is 0 Å².